The molecule has 0 aliphatic rings. The van der Waals surface area contributed by atoms with Gasteiger partial charge in [0.05, 0.1) is 16.6 Å². The van der Waals surface area contributed by atoms with Crippen LogP contribution >= 0.6 is 11.6 Å². The number of aromatic amines is 1. The normalized spacial score (nSPS) is 11.5. The van der Waals surface area contributed by atoms with E-state index in [4.69, 9.17) is 16.9 Å². The van der Waals surface area contributed by atoms with E-state index >= 15 is 0 Å². The van der Waals surface area contributed by atoms with Crippen LogP contribution in [0, 0.1) is 11.3 Å². The van der Waals surface area contributed by atoms with Gasteiger partial charge in [-0.15, -0.1) is 0 Å². The van der Waals surface area contributed by atoms with E-state index in [2.05, 4.69) is 11.1 Å². The van der Waals surface area contributed by atoms with Crippen LogP contribution < -0.4 is 0 Å². The molecule has 2 aromatic carbocycles. The predicted octanol–water partition coefficient (Wildman–Crippen LogP) is 4.78. The molecule has 0 unspecified atom stereocenters. The van der Waals surface area contributed by atoms with Crippen molar-refractivity contribution in [3.8, 4) is 6.07 Å². The Morgan fingerprint density at radius 2 is 1.90 bits per heavy atom. The molecule has 3 heteroatoms. The maximum absolute atomic E-state index is 9.04. The Kier molecular flexibility index (Phi) is 3.28. The van der Waals surface area contributed by atoms with Crippen LogP contribution in [0.4, 0.5) is 0 Å². The fourth-order valence-electron chi connectivity index (χ4n) is 2.30. The zero-order chi connectivity index (χ0) is 13.9. The Balaban J connectivity index is 2.21. The molecule has 0 amide bonds. The molecule has 1 heterocycles. The summed E-state index contributed by atoms with van der Waals surface area (Å²) in [4.78, 5) is 3.11. The highest BCUT2D eigenvalue weighted by Crippen LogP contribution is 2.30. The lowest BCUT2D eigenvalue weighted by molar-refractivity contribution is 1.47. The number of hydrogen-bond donors (Lipinski definition) is 1. The van der Waals surface area contributed by atoms with Crippen molar-refractivity contribution in [3.63, 3.8) is 0 Å². The number of allylic oxidation sites excluding steroid dienone is 1. The molecule has 0 atom stereocenters. The van der Waals surface area contributed by atoms with Gasteiger partial charge in [0, 0.05) is 17.7 Å². The van der Waals surface area contributed by atoms with Crippen molar-refractivity contribution in [2.45, 2.75) is 0 Å². The number of halogens is 1. The van der Waals surface area contributed by atoms with E-state index in [0.29, 0.717) is 5.02 Å². The smallest absolute Gasteiger partial charge is 0.0918 e. The number of nitriles is 1. The quantitative estimate of drug-likeness (QED) is 0.674. The SMILES string of the molecule is N#C/C=C(/c1ccccc1)c1cc(Cl)c2[nH]ccc2c1. The van der Waals surface area contributed by atoms with Gasteiger partial charge in [0.15, 0.2) is 0 Å². The molecular weight excluding hydrogens is 268 g/mol. The van der Waals surface area contributed by atoms with E-state index in [1.54, 1.807) is 6.08 Å². The van der Waals surface area contributed by atoms with Crippen LogP contribution in [0.3, 0.4) is 0 Å². The first-order valence-corrected chi connectivity index (χ1v) is 6.59. The summed E-state index contributed by atoms with van der Waals surface area (Å²) in [5.74, 6) is 0. The summed E-state index contributed by atoms with van der Waals surface area (Å²) < 4.78 is 0. The van der Waals surface area contributed by atoms with Gasteiger partial charge in [-0.3, -0.25) is 0 Å². The van der Waals surface area contributed by atoms with Crippen LogP contribution in [0.1, 0.15) is 11.1 Å². The molecule has 1 N–H and O–H groups in total. The van der Waals surface area contributed by atoms with Gasteiger partial charge in [-0.25, -0.2) is 0 Å². The van der Waals surface area contributed by atoms with Crippen molar-refractivity contribution in [2.24, 2.45) is 0 Å². The first-order valence-electron chi connectivity index (χ1n) is 6.22. The minimum atomic E-state index is 0.655. The molecule has 1 aromatic heterocycles. The van der Waals surface area contributed by atoms with Crippen molar-refractivity contribution in [1.29, 1.82) is 5.26 Å². The van der Waals surface area contributed by atoms with Crippen molar-refractivity contribution < 1.29 is 0 Å². The summed E-state index contributed by atoms with van der Waals surface area (Å²) in [5, 5.41) is 10.7. The largest absolute Gasteiger partial charge is 0.360 e. The van der Waals surface area contributed by atoms with E-state index in [1.807, 2.05) is 54.7 Å². The molecule has 0 fully saturated rings. The number of rotatable bonds is 2. The third kappa shape index (κ3) is 2.20. The van der Waals surface area contributed by atoms with Gasteiger partial charge in [-0.05, 0) is 34.9 Å². The van der Waals surface area contributed by atoms with Gasteiger partial charge < -0.3 is 4.98 Å². The molecule has 0 aliphatic heterocycles. The van der Waals surface area contributed by atoms with Crippen molar-refractivity contribution in [1.82, 2.24) is 4.98 Å². The van der Waals surface area contributed by atoms with E-state index in [-0.39, 0.29) is 0 Å². The van der Waals surface area contributed by atoms with Crippen LogP contribution in [0.25, 0.3) is 16.5 Å². The molecule has 0 radical (unpaired) electrons. The van der Waals surface area contributed by atoms with Crippen LogP contribution in [0.15, 0.2) is 60.8 Å². The first-order chi connectivity index (χ1) is 9.79. The summed E-state index contributed by atoms with van der Waals surface area (Å²) in [6.07, 6.45) is 3.41. The monoisotopic (exact) mass is 278 g/mol. The maximum atomic E-state index is 9.04. The third-order valence-corrected chi connectivity index (χ3v) is 3.51. The van der Waals surface area contributed by atoms with Crippen LogP contribution in [-0.4, -0.2) is 4.98 Å². The number of H-pyrrole nitrogens is 1. The van der Waals surface area contributed by atoms with Crippen LogP contribution in [-0.2, 0) is 0 Å². The standard InChI is InChI=1S/C17H11ClN2/c18-16-11-14(10-13-7-9-20-17(13)16)15(6-8-19)12-4-2-1-3-5-12/h1-7,9-11,20H/b15-6-. The van der Waals surface area contributed by atoms with Crippen molar-refractivity contribution in [2.75, 3.05) is 0 Å². The van der Waals surface area contributed by atoms with Gasteiger partial charge in [0.2, 0.25) is 0 Å². The summed E-state index contributed by atoms with van der Waals surface area (Å²) in [7, 11) is 0. The highest BCUT2D eigenvalue weighted by molar-refractivity contribution is 6.35. The lowest BCUT2D eigenvalue weighted by atomic mass is 9.97. The average molecular weight is 279 g/mol. The van der Waals surface area contributed by atoms with E-state index < -0.39 is 0 Å². The Morgan fingerprint density at radius 1 is 1.10 bits per heavy atom. The number of nitrogens with one attached hydrogen (secondary N) is 1. The molecule has 3 aromatic rings. The third-order valence-electron chi connectivity index (χ3n) is 3.22. The van der Waals surface area contributed by atoms with E-state index in [9.17, 15) is 0 Å². The molecule has 96 valence electrons. The molecule has 0 saturated heterocycles. The van der Waals surface area contributed by atoms with Gasteiger partial charge in [-0.2, -0.15) is 5.26 Å². The number of hydrogen-bond acceptors (Lipinski definition) is 1. The molecule has 20 heavy (non-hydrogen) atoms. The highest BCUT2D eigenvalue weighted by Gasteiger charge is 2.09. The molecule has 2 nitrogen and oxygen atoms in total. The maximum Gasteiger partial charge on any atom is 0.0918 e. The zero-order valence-electron chi connectivity index (χ0n) is 10.6. The Morgan fingerprint density at radius 3 is 2.65 bits per heavy atom. The number of benzene rings is 2. The number of nitrogens with zero attached hydrogens (tertiary/aromatic N) is 1. The van der Waals surface area contributed by atoms with Gasteiger partial charge in [-0.1, -0.05) is 41.9 Å². The first kappa shape index (κ1) is 12.5. The topological polar surface area (TPSA) is 39.6 Å². The lowest BCUT2D eigenvalue weighted by Gasteiger charge is -2.08. The highest BCUT2D eigenvalue weighted by atomic mass is 35.5. The van der Waals surface area contributed by atoms with Gasteiger partial charge in [0.25, 0.3) is 0 Å². The zero-order valence-corrected chi connectivity index (χ0v) is 11.4. The molecule has 0 bridgehead atoms. The summed E-state index contributed by atoms with van der Waals surface area (Å²) >= 11 is 6.29. The molecule has 0 saturated carbocycles. The van der Waals surface area contributed by atoms with Crippen molar-refractivity contribution in [3.05, 3.63) is 77.0 Å². The Bertz CT molecular complexity index is 823. The second-order valence-electron chi connectivity index (χ2n) is 4.45. The minimum absolute atomic E-state index is 0.655. The molecule has 0 spiro atoms. The average Bonchev–Trinajstić information content (AvgIpc) is 2.94. The second-order valence-corrected chi connectivity index (χ2v) is 4.86. The number of fused-ring (bicyclic) bond motifs is 1. The van der Waals surface area contributed by atoms with E-state index in [1.165, 1.54) is 0 Å². The van der Waals surface area contributed by atoms with Gasteiger partial charge >= 0.3 is 0 Å². The summed E-state index contributed by atoms with van der Waals surface area (Å²) in [5.41, 5.74) is 3.73. The van der Waals surface area contributed by atoms with Gasteiger partial charge in [0.1, 0.15) is 0 Å². The Labute approximate surface area is 121 Å². The second kappa shape index (κ2) is 5.24. The predicted molar refractivity (Wildman–Crippen MR) is 82.4 cm³/mol. The molecule has 3 rings (SSSR count). The number of aromatic nitrogens is 1. The molecule has 0 aliphatic carbocycles. The van der Waals surface area contributed by atoms with Crippen molar-refractivity contribution >= 4 is 28.1 Å². The fraction of sp³-hybridized carbons (Fsp3) is 0. The minimum Gasteiger partial charge on any atom is -0.360 e. The van der Waals surface area contributed by atoms with Crippen LogP contribution in [0.2, 0.25) is 5.02 Å². The lowest BCUT2D eigenvalue weighted by Crippen LogP contribution is -1.88. The van der Waals surface area contributed by atoms with E-state index in [0.717, 1.165) is 27.6 Å². The summed E-state index contributed by atoms with van der Waals surface area (Å²) in [6, 6.07) is 17.8. The van der Waals surface area contributed by atoms with Crippen LogP contribution in [0.5, 0.6) is 0 Å². The Hall–Kier alpha value is -2.50. The molecular formula is C17H11ClN2. The fourth-order valence-corrected chi connectivity index (χ4v) is 2.58. The summed E-state index contributed by atoms with van der Waals surface area (Å²) in [6.45, 7) is 0.